The zero-order chi connectivity index (χ0) is 18.9. The summed E-state index contributed by atoms with van der Waals surface area (Å²) in [5.41, 5.74) is 0. The molecule has 1 N–H and O–H groups in total. The number of piperazine rings is 1. The average Bonchev–Trinajstić information content (AvgIpc) is 3.11. The maximum absolute atomic E-state index is 11.9. The van der Waals surface area contributed by atoms with E-state index in [1.807, 2.05) is 0 Å². The van der Waals surface area contributed by atoms with Gasteiger partial charge >= 0.3 is 0 Å². The monoisotopic (exact) mass is 406 g/mol. The lowest BCUT2D eigenvalue weighted by atomic mass is 9.86. The molecule has 2 heterocycles. The Morgan fingerprint density at radius 1 is 1.15 bits per heavy atom. The van der Waals surface area contributed by atoms with Gasteiger partial charge in [-0.25, -0.2) is 4.21 Å². The van der Waals surface area contributed by atoms with E-state index in [1.54, 1.807) is 17.8 Å². The molecule has 1 saturated heterocycles. The molecular weight excluding hydrogens is 376 g/mol. The van der Waals surface area contributed by atoms with Crippen molar-refractivity contribution >= 4 is 37.2 Å². The Bertz CT molecular complexity index is 863. The number of hydrogen-bond acceptors (Lipinski definition) is 6. The maximum atomic E-state index is 11.9. The fourth-order valence-electron chi connectivity index (χ4n) is 4.52. The van der Waals surface area contributed by atoms with Crippen LogP contribution in [0.5, 0.6) is 0 Å². The molecule has 7 heteroatoms. The Labute approximate surface area is 166 Å². The molecule has 0 spiro atoms. The average molecular weight is 407 g/mol. The predicted molar refractivity (Wildman–Crippen MR) is 115 cm³/mol. The summed E-state index contributed by atoms with van der Waals surface area (Å²) in [6, 6.07) is 8.52. The van der Waals surface area contributed by atoms with E-state index in [0.29, 0.717) is 0 Å². The van der Waals surface area contributed by atoms with Crippen molar-refractivity contribution < 1.29 is 4.21 Å². The highest BCUT2D eigenvalue weighted by atomic mass is 32.2. The van der Waals surface area contributed by atoms with Gasteiger partial charge in [-0.2, -0.15) is 4.37 Å². The first kappa shape index (κ1) is 19.2. The first-order valence-electron chi connectivity index (χ1n) is 10.0. The molecule has 2 aromatic rings. The molecule has 0 bridgehead atoms. The van der Waals surface area contributed by atoms with Gasteiger partial charge in [0, 0.05) is 52.8 Å². The fraction of sp³-hybridized carbons (Fsp3) is 0.650. The molecular formula is C20H30N4OS2. The van der Waals surface area contributed by atoms with E-state index in [-0.39, 0.29) is 5.25 Å². The lowest BCUT2D eigenvalue weighted by Crippen LogP contribution is -2.47. The van der Waals surface area contributed by atoms with Gasteiger partial charge in [-0.1, -0.05) is 12.1 Å². The van der Waals surface area contributed by atoms with E-state index < -0.39 is 9.73 Å². The Morgan fingerprint density at radius 3 is 2.56 bits per heavy atom. The van der Waals surface area contributed by atoms with Gasteiger partial charge in [0.15, 0.2) is 0 Å². The second kappa shape index (κ2) is 8.05. The molecule has 1 atom stereocenters. The Morgan fingerprint density at radius 2 is 1.85 bits per heavy atom. The van der Waals surface area contributed by atoms with Crippen molar-refractivity contribution in [2.45, 2.75) is 37.4 Å². The van der Waals surface area contributed by atoms with Crippen LogP contribution in [0.2, 0.25) is 0 Å². The molecule has 1 aromatic carbocycles. The van der Waals surface area contributed by atoms with Gasteiger partial charge in [0.25, 0.3) is 0 Å². The molecule has 0 amide bonds. The molecule has 1 saturated carbocycles. The molecule has 1 aromatic heterocycles. The smallest absolute Gasteiger partial charge is 0.150 e. The number of nitrogens with one attached hydrogen (secondary N) is 1. The Hall–Kier alpha value is -1.18. The molecule has 2 aliphatic rings. The van der Waals surface area contributed by atoms with Crippen molar-refractivity contribution in [3.63, 3.8) is 0 Å². The molecule has 1 unspecified atom stereocenters. The van der Waals surface area contributed by atoms with Crippen LogP contribution in [0.15, 0.2) is 24.3 Å². The quantitative estimate of drug-likeness (QED) is 0.814. The Balaban J connectivity index is 1.23. The first-order chi connectivity index (χ1) is 13.0. The van der Waals surface area contributed by atoms with Crippen LogP contribution < -0.4 is 4.90 Å². The van der Waals surface area contributed by atoms with Crippen molar-refractivity contribution in [1.29, 1.82) is 4.78 Å². The maximum Gasteiger partial charge on any atom is 0.150 e. The van der Waals surface area contributed by atoms with Crippen LogP contribution in [0.4, 0.5) is 5.82 Å². The molecule has 2 fully saturated rings. The van der Waals surface area contributed by atoms with Gasteiger partial charge in [0.05, 0.1) is 4.70 Å². The second-order valence-electron chi connectivity index (χ2n) is 8.17. The summed E-state index contributed by atoms with van der Waals surface area (Å²) in [6.45, 7) is 5.49. The minimum absolute atomic E-state index is 0.130. The number of nitrogens with zero attached hydrogens (tertiary/aromatic N) is 3. The molecule has 1 aliphatic carbocycles. The van der Waals surface area contributed by atoms with Crippen LogP contribution in [0.3, 0.4) is 0 Å². The van der Waals surface area contributed by atoms with Crippen LogP contribution in [0.1, 0.15) is 32.1 Å². The number of fused-ring (bicyclic) bond motifs is 1. The van der Waals surface area contributed by atoms with Gasteiger partial charge in [-0.3, -0.25) is 9.68 Å². The fourth-order valence-corrected chi connectivity index (χ4v) is 6.49. The first-order valence-corrected chi connectivity index (χ1v) is 12.9. The topological polar surface area (TPSA) is 60.3 Å². The van der Waals surface area contributed by atoms with Crippen molar-refractivity contribution in [2.75, 3.05) is 43.9 Å². The zero-order valence-corrected chi connectivity index (χ0v) is 17.7. The molecule has 148 valence electrons. The lowest BCUT2D eigenvalue weighted by molar-refractivity contribution is 0.222. The summed E-state index contributed by atoms with van der Waals surface area (Å²) in [5, 5.41) is 1.42. The van der Waals surface area contributed by atoms with Crippen LogP contribution in [0, 0.1) is 10.7 Å². The molecule has 5 nitrogen and oxygen atoms in total. The number of aromatic nitrogens is 1. The highest BCUT2D eigenvalue weighted by molar-refractivity contribution is 7.92. The van der Waals surface area contributed by atoms with Gasteiger partial charge in [-0.05, 0) is 68.2 Å². The predicted octanol–water partition coefficient (Wildman–Crippen LogP) is 4.04. The van der Waals surface area contributed by atoms with Crippen LogP contribution in [0.25, 0.3) is 10.1 Å². The molecule has 0 radical (unpaired) electrons. The largest absolute Gasteiger partial charge is 0.353 e. The third-order valence-electron chi connectivity index (χ3n) is 6.31. The minimum Gasteiger partial charge on any atom is -0.353 e. The van der Waals surface area contributed by atoms with Crippen molar-refractivity contribution in [2.24, 2.45) is 5.92 Å². The standard InChI is InChI=1S/C20H30N4OS2/c1-27(21,25)17-8-6-16(7-9-17)10-11-23-12-14-24(15-13-23)20-18-4-2-3-5-19(18)26-22-20/h2-5,16-17,21H,6-15H2,1H3. The molecule has 1 aliphatic heterocycles. The van der Waals surface area contributed by atoms with E-state index in [1.165, 1.54) is 23.1 Å². The van der Waals surface area contributed by atoms with Gasteiger partial charge in [0.1, 0.15) is 5.82 Å². The summed E-state index contributed by atoms with van der Waals surface area (Å²) in [6.07, 6.45) is 7.12. The van der Waals surface area contributed by atoms with Crippen LogP contribution >= 0.6 is 11.5 Å². The van der Waals surface area contributed by atoms with E-state index in [0.717, 1.165) is 63.6 Å². The van der Waals surface area contributed by atoms with Gasteiger partial charge < -0.3 is 4.90 Å². The lowest BCUT2D eigenvalue weighted by Gasteiger charge is -2.36. The van der Waals surface area contributed by atoms with Crippen LogP contribution in [-0.2, 0) is 9.73 Å². The van der Waals surface area contributed by atoms with Gasteiger partial charge in [-0.15, -0.1) is 0 Å². The summed E-state index contributed by atoms with van der Waals surface area (Å²) in [5.74, 6) is 1.91. The third-order valence-corrected chi connectivity index (χ3v) is 8.87. The highest BCUT2D eigenvalue weighted by Crippen LogP contribution is 2.32. The van der Waals surface area contributed by atoms with E-state index in [9.17, 15) is 4.21 Å². The van der Waals surface area contributed by atoms with Crippen molar-refractivity contribution in [1.82, 2.24) is 9.27 Å². The van der Waals surface area contributed by atoms with E-state index in [2.05, 4.69) is 34.1 Å². The van der Waals surface area contributed by atoms with Crippen molar-refractivity contribution in [3.05, 3.63) is 24.3 Å². The molecule has 27 heavy (non-hydrogen) atoms. The number of benzene rings is 1. The SMILES string of the molecule is CS(=N)(=O)C1CCC(CCN2CCN(c3nsc4ccccc34)CC2)CC1. The second-order valence-corrected chi connectivity index (χ2v) is 11.4. The summed E-state index contributed by atoms with van der Waals surface area (Å²) in [4.78, 5) is 5.03. The third kappa shape index (κ3) is 4.46. The molecule has 4 rings (SSSR count). The number of hydrogen-bond donors (Lipinski definition) is 1. The number of rotatable bonds is 5. The number of anilines is 1. The van der Waals surface area contributed by atoms with Gasteiger partial charge in [0.2, 0.25) is 0 Å². The summed E-state index contributed by atoms with van der Waals surface area (Å²) >= 11 is 1.60. The summed E-state index contributed by atoms with van der Waals surface area (Å²) < 4.78 is 25.7. The van der Waals surface area contributed by atoms with Crippen LogP contribution in [-0.4, -0.2) is 57.7 Å². The zero-order valence-electron chi connectivity index (χ0n) is 16.1. The van der Waals surface area contributed by atoms with E-state index in [4.69, 9.17) is 9.15 Å². The van der Waals surface area contributed by atoms with E-state index >= 15 is 0 Å². The normalized spacial score (nSPS) is 26.9. The Kier molecular flexibility index (Phi) is 5.71. The van der Waals surface area contributed by atoms with Crippen molar-refractivity contribution in [3.8, 4) is 0 Å². The minimum atomic E-state index is -2.35. The summed E-state index contributed by atoms with van der Waals surface area (Å²) in [7, 11) is -2.35. The highest BCUT2D eigenvalue weighted by Gasteiger charge is 2.27.